The Morgan fingerprint density at radius 3 is 1.07 bits per heavy atom. The highest BCUT2D eigenvalue weighted by Crippen LogP contribution is 2.44. The molecule has 0 aliphatic carbocycles. The molecule has 0 aliphatic heterocycles. The van der Waals surface area contributed by atoms with Gasteiger partial charge < -0.3 is 0 Å². The molecule has 2 aromatic heterocycles. The number of thiophene rings is 2. The first-order valence-electron chi connectivity index (χ1n) is 10.2. The first-order valence-corrected chi connectivity index (χ1v) is 11.9. The maximum absolute atomic E-state index is 14.3. The van der Waals surface area contributed by atoms with Gasteiger partial charge in [0.15, 0.2) is 5.78 Å². The molecule has 0 saturated heterocycles. The number of ketones is 1. The Balaban J connectivity index is 2.88. The second-order valence-electron chi connectivity index (χ2n) is 12.0. The van der Waals surface area contributed by atoms with E-state index in [1.54, 1.807) is 22.7 Å². The van der Waals surface area contributed by atoms with Crippen LogP contribution in [-0.4, -0.2) is 5.78 Å². The lowest BCUT2D eigenvalue weighted by molar-refractivity contribution is 0.103. The highest BCUT2D eigenvalue weighted by molar-refractivity contribution is 7.11. The summed E-state index contributed by atoms with van der Waals surface area (Å²) >= 11 is 3.49. The Morgan fingerprint density at radius 2 is 0.857 bits per heavy atom. The molecule has 1 nitrogen and oxygen atoms in total. The van der Waals surface area contributed by atoms with E-state index in [0.29, 0.717) is 0 Å². The maximum Gasteiger partial charge on any atom is 0.195 e. The van der Waals surface area contributed by atoms with E-state index < -0.39 is 0 Å². The van der Waals surface area contributed by atoms with Crippen molar-refractivity contribution in [3.05, 3.63) is 42.8 Å². The van der Waals surface area contributed by atoms with Crippen LogP contribution in [0.25, 0.3) is 0 Å². The zero-order valence-electron chi connectivity index (χ0n) is 19.9. The second kappa shape index (κ2) is 7.09. The third-order valence-electron chi connectivity index (χ3n) is 5.01. The van der Waals surface area contributed by atoms with Crippen molar-refractivity contribution in [2.45, 2.75) is 105 Å². The Bertz CT molecular complexity index is 731. The van der Waals surface area contributed by atoms with Crippen molar-refractivity contribution in [3.63, 3.8) is 0 Å². The van der Waals surface area contributed by atoms with Crippen molar-refractivity contribution in [1.29, 1.82) is 0 Å². The van der Waals surface area contributed by atoms with Gasteiger partial charge in [-0.05, 0) is 43.5 Å². The molecular weight excluding hydrogens is 380 g/mol. The lowest BCUT2D eigenvalue weighted by Crippen LogP contribution is -2.25. The van der Waals surface area contributed by atoms with Crippen molar-refractivity contribution < 1.29 is 4.79 Å². The van der Waals surface area contributed by atoms with Crippen molar-refractivity contribution in [3.8, 4) is 0 Å². The minimum absolute atomic E-state index is 0.0566. The summed E-state index contributed by atoms with van der Waals surface area (Å²) in [4.78, 5) is 16.7. The SMILES string of the molecule is CC(C)(C)c1csc(C(C)(C)C)c1C(=O)c1c(C(C)(C)C)csc1C(C)(C)C. The molecule has 0 bridgehead atoms. The zero-order chi connectivity index (χ0) is 21.9. The molecule has 0 amide bonds. The molecule has 0 unspecified atom stereocenters. The predicted octanol–water partition coefficient (Wildman–Crippen LogP) is 8.23. The zero-order valence-corrected chi connectivity index (χ0v) is 21.5. The van der Waals surface area contributed by atoms with Gasteiger partial charge in [0.2, 0.25) is 0 Å². The number of rotatable bonds is 2. The Labute approximate surface area is 180 Å². The summed E-state index contributed by atoms with van der Waals surface area (Å²) in [5.74, 6) is 0.215. The topological polar surface area (TPSA) is 17.1 Å². The van der Waals surface area contributed by atoms with E-state index in [1.165, 1.54) is 20.9 Å². The number of hydrogen-bond acceptors (Lipinski definition) is 3. The van der Waals surface area contributed by atoms with Crippen molar-refractivity contribution >= 4 is 28.5 Å². The van der Waals surface area contributed by atoms with Gasteiger partial charge in [-0.3, -0.25) is 4.79 Å². The van der Waals surface area contributed by atoms with Crippen LogP contribution in [0.1, 0.15) is 120 Å². The van der Waals surface area contributed by atoms with Gasteiger partial charge in [-0.15, -0.1) is 22.7 Å². The highest BCUT2D eigenvalue weighted by Gasteiger charge is 2.37. The summed E-state index contributed by atoms with van der Waals surface area (Å²) in [6, 6.07) is 0. The van der Waals surface area contributed by atoms with Gasteiger partial charge in [0.05, 0.1) is 0 Å². The van der Waals surface area contributed by atoms with E-state index in [0.717, 1.165) is 11.1 Å². The van der Waals surface area contributed by atoms with Crippen molar-refractivity contribution in [2.24, 2.45) is 0 Å². The molecule has 0 saturated carbocycles. The van der Waals surface area contributed by atoms with Gasteiger partial charge in [-0.25, -0.2) is 0 Å². The second-order valence-corrected chi connectivity index (χ2v) is 13.8. The van der Waals surface area contributed by atoms with Crippen LogP contribution in [0.15, 0.2) is 10.8 Å². The average Bonchev–Trinajstić information content (AvgIpc) is 3.08. The first-order chi connectivity index (χ1) is 12.4. The van der Waals surface area contributed by atoms with Crippen molar-refractivity contribution in [1.82, 2.24) is 0 Å². The fourth-order valence-corrected chi connectivity index (χ4v) is 6.26. The molecule has 3 heteroatoms. The Morgan fingerprint density at radius 1 is 0.571 bits per heavy atom. The van der Waals surface area contributed by atoms with E-state index in [-0.39, 0.29) is 27.4 Å². The minimum atomic E-state index is -0.0647. The highest BCUT2D eigenvalue weighted by atomic mass is 32.1. The monoisotopic (exact) mass is 418 g/mol. The normalized spacial score (nSPS) is 13.9. The molecular formula is C25H38OS2. The molecule has 0 radical (unpaired) electrons. The third-order valence-corrected chi connectivity index (χ3v) is 7.83. The van der Waals surface area contributed by atoms with Crippen LogP contribution in [0.2, 0.25) is 0 Å². The average molecular weight is 419 g/mol. The molecule has 28 heavy (non-hydrogen) atoms. The molecule has 0 fully saturated rings. The van der Waals surface area contributed by atoms with Crippen LogP contribution < -0.4 is 0 Å². The Kier molecular flexibility index (Phi) is 5.91. The van der Waals surface area contributed by atoms with E-state index in [1.807, 2.05) is 0 Å². The summed E-state index contributed by atoms with van der Waals surface area (Å²) in [7, 11) is 0. The molecule has 2 aromatic rings. The number of carbonyl (C=O) groups is 1. The summed E-state index contributed by atoms with van der Waals surface area (Å²) in [5, 5.41) is 4.43. The number of carbonyl (C=O) groups excluding carboxylic acids is 1. The summed E-state index contributed by atoms with van der Waals surface area (Å²) in [5.41, 5.74) is 4.00. The molecule has 0 atom stereocenters. The molecule has 2 rings (SSSR count). The fourth-order valence-electron chi connectivity index (χ4n) is 3.50. The van der Waals surface area contributed by atoms with Gasteiger partial charge in [0.1, 0.15) is 0 Å². The van der Waals surface area contributed by atoms with Gasteiger partial charge in [-0.2, -0.15) is 0 Å². The van der Waals surface area contributed by atoms with Gasteiger partial charge >= 0.3 is 0 Å². The fraction of sp³-hybridized carbons (Fsp3) is 0.640. The van der Waals surface area contributed by atoms with Gasteiger partial charge in [0, 0.05) is 20.9 Å². The van der Waals surface area contributed by atoms with Crippen LogP contribution in [0.3, 0.4) is 0 Å². The van der Waals surface area contributed by atoms with Gasteiger partial charge in [0.25, 0.3) is 0 Å². The summed E-state index contributed by atoms with van der Waals surface area (Å²) < 4.78 is 0. The molecule has 156 valence electrons. The lowest BCUT2D eigenvalue weighted by Gasteiger charge is -2.27. The smallest absolute Gasteiger partial charge is 0.195 e. The third kappa shape index (κ3) is 4.46. The Hall–Kier alpha value is -0.930. The minimum Gasteiger partial charge on any atom is -0.289 e. The largest absolute Gasteiger partial charge is 0.289 e. The molecule has 0 spiro atoms. The van der Waals surface area contributed by atoms with E-state index >= 15 is 0 Å². The molecule has 2 heterocycles. The van der Waals surface area contributed by atoms with E-state index in [2.05, 4.69) is 93.8 Å². The van der Waals surface area contributed by atoms with Gasteiger partial charge in [-0.1, -0.05) is 83.1 Å². The molecule has 0 aliphatic rings. The molecule has 0 aromatic carbocycles. The summed E-state index contributed by atoms with van der Waals surface area (Å²) in [6.07, 6.45) is 0. The first kappa shape index (κ1) is 23.3. The quantitative estimate of drug-likeness (QED) is 0.449. The van der Waals surface area contributed by atoms with Crippen LogP contribution >= 0.6 is 22.7 Å². The number of hydrogen-bond donors (Lipinski definition) is 0. The van der Waals surface area contributed by atoms with Crippen LogP contribution in [0, 0.1) is 0 Å². The van der Waals surface area contributed by atoms with E-state index in [9.17, 15) is 4.79 Å². The van der Waals surface area contributed by atoms with E-state index in [4.69, 9.17) is 0 Å². The summed E-state index contributed by atoms with van der Waals surface area (Å²) in [6.45, 7) is 26.5. The van der Waals surface area contributed by atoms with Crippen LogP contribution in [-0.2, 0) is 21.7 Å². The van der Waals surface area contributed by atoms with Crippen LogP contribution in [0.5, 0.6) is 0 Å². The predicted molar refractivity (Wildman–Crippen MR) is 127 cm³/mol. The standard InChI is InChI=1S/C25H38OS2/c1-22(2,3)15-13-27-20(24(7,8)9)17(15)19(26)18-16(23(4,5)6)14-28-21(18)25(10,11)12/h13-14H,1-12H3. The maximum atomic E-state index is 14.3. The van der Waals surface area contributed by atoms with Crippen LogP contribution in [0.4, 0.5) is 0 Å². The lowest BCUT2D eigenvalue weighted by atomic mass is 9.76. The van der Waals surface area contributed by atoms with Crippen molar-refractivity contribution in [2.75, 3.05) is 0 Å². The molecule has 0 N–H and O–H groups in total.